The van der Waals surface area contributed by atoms with Crippen LogP contribution in [-0.2, 0) is 9.53 Å². The van der Waals surface area contributed by atoms with Gasteiger partial charge in [0.1, 0.15) is 5.76 Å². The Morgan fingerprint density at radius 1 is 1.53 bits per heavy atom. The predicted molar refractivity (Wildman–Crippen MR) is 70.5 cm³/mol. The molecule has 2 aliphatic rings. The Bertz CT molecular complexity index is 429. The SMILES string of the molecule is CCOC(=O)[C@H]1CCC[C@@H]2N[C@H](c3ccco3)C[C@@H]21. The van der Waals surface area contributed by atoms with Crippen molar-refractivity contribution in [2.75, 3.05) is 6.61 Å². The maximum Gasteiger partial charge on any atom is 0.309 e. The summed E-state index contributed by atoms with van der Waals surface area (Å²) in [6.07, 6.45) is 5.90. The van der Waals surface area contributed by atoms with E-state index < -0.39 is 0 Å². The molecule has 1 N–H and O–H groups in total. The molecule has 1 aliphatic carbocycles. The van der Waals surface area contributed by atoms with Gasteiger partial charge in [0.2, 0.25) is 0 Å². The summed E-state index contributed by atoms with van der Waals surface area (Å²) in [5.74, 6) is 1.42. The number of esters is 1. The second kappa shape index (κ2) is 5.37. The lowest BCUT2D eigenvalue weighted by molar-refractivity contribution is -0.151. The molecule has 2 fully saturated rings. The molecule has 1 aromatic rings. The summed E-state index contributed by atoms with van der Waals surface area (Å²) in [6.45, 7) is 2.35. The Morgan fingerprint density at radius 2 is 2.42 bits per heavy atom. The molecule has 1 aliphatic heterocycles. The zero-order valence-corrected chi connectivity index (χ0v) is 11.3. The fourth-order valence-electron chi connectivity index (χ4n) is 3.63. The Kier molecular flexibility index (Phi) is 3.60. The Hall–Kier alpha value is -1.29. The van der Waals surface area contributed by atoms with Crippen molar-refractivity contribution < 1.29 is 13.9 Å². The fourth-order valence-corrected chi connectivity index (χ4v) is 3.63. The normalized spacial score (nSPS) is 33.9. The van der Waals surface area contributed by atoms with Gasteiger partial charge in [0.15, 0.2) is 0 Å². The molecule has 1 saturated heterocycles. The van der Waals surface area contributed by atoms with Crippen molar-refractivity contribution in [3.05, 3.63) is 24.2 Å². The van der Waals surface area contributed by atoms with Gasteiger partial charge in [-0.3, -0.25) is 4.79 Å². The van der Waals surface area contributed by atoms with E-state index in [0.29, 0.717) is 18.6 Å². The zero-order valence-electron chi connectivity index (χ0n) is 11.3. The Morgan fingerprint density at radius 3 is 3.16 bits per heavy atom. The lowest BCUT2D eigenvalue weighted by atomic mass is 9.76. The third-order valence-electron chi connectivity index (χ3n) is 4.46. The van der Waals surface area contributed by atoms with Crippen molar-refractivity contribution in [2.45, 2.75) is 44.7 Å². The molecule has 0 unspecified atom stereocenters. The molecule has 19 heavy (non-hydrogen) atoms. The molecular formula is C15H21NO3. The zero-order chi connectivity index (χ0) is 13.2. The maximum absolute atomic E-state index is 12.1. The van der Waals surface area contributed by atoms with Gasteiger partial charge in [-0.15, -0.1) is 0 Å². The highest BCUT2D eigenvalue weighted by atomic mass is 16.5. The first-order chi connectivity index (χ1) is 9.29. The van der Waals surface area contributed by atoms with Crippen molar-refractivity contribution in [1.82, 2.24) is 5.32 Å². The number of hydrogen-bond acceptors (Lipinski definition) is 4. The minimum Gasteiger partial charge on any atom is -0.468 e. The van der Waals surface area contributed by atoms with E-state index in [1.165, 1.54) is 0 Å². The van der Waals surface area contributed by atoms with Gasteiger partial charge in [-0.1, -0.05) is 6.42 Å². The van der Waals surface area contributed by atoms with Crippen LogP contribution in [-0.4, -0.2) is 18.6 Å². The van der Waals surface area contributed by atoms with Crippen LogP contribution in [0.15, 0.2) is 22.8 Å². The second-order valence-corrected chi connectivity index (χ2v) is 5.53. The van der Waals surface area contributed by atoms with Crippen molar-refractivity contribution in [1.29, 1.82) is 0 Å². The maximum atomic E-state index is 12.1. The number of nitrogens with one attached hydrogen (secondary N) is 1. The number of carbonyl (C=O) groups excluding carboxylic acids is 1. The quantitative estimate of drug-likeness (QED) is 0.852. The first kappa shape index (κ1) is 12.7. The van der Waals surface area contributed by atoms with Crippen molar-refractivity contribution in [3.63, 3.8) is 0 Å². The van der Waals surface area contributed by atoms with Crippen LogP contribution < -0.4 is 5.32 Å². The molecule has 4 heteroatoms. The number of hydrogen-bond donors (Lipinski definition) is 1. The van der Waals surface area contributed by atoms with Gasteiger partial charge in [-0.2, -0.15) is 0 Å². The monoisotopic (exact) mass is 263 g/mol. The van der Waals surface area contributed by atoms with E-state index in [0.717, 1.165) is 31.4 Å². The molecule has 104 valence electrons. The van der Waals surface area contributed by atoms with Crippen LogP contribution in [0.25, 0.3) is 0 Å². The summed E-state index contributed by atoms with van der Waals surface area (Å²) in [5.41, 5.74) is 0. The van der Waals surface area contributed by atoms with Crippen molar-refractivity contribution in [3.8, 4) is 0 Å². The summed E-state index contributed by atoms with van der Waals surface area (Å²) in [7, 11) is 0. The molecule has 1 saturated carbocycles. The highest BCUT2D eigenvalue weighted by Crippen LogP contribution is 2.42. The summed E-state index contributed by atoms with van der Waals surface area (Å²) in [5, 5.41) is 3.62. The average Bonchev–Trinajstić information content (AvgIpc) is 3.06. The smallest absolute Gasteiger partial charge is 0.309 e. The molecule has 4 nitrogen and oxygen atoms in total. The van der Waals surface area contributed by atoms with Crippen LogP contribution in [0.3, 0.4) is 0 Å². The molecule has 0 aromatic carbocycles. The highest BCUT2D eigenvalue weighted by molar-refractivity contribution is 5.73. The lowest BCUT2D eigenvalue weighted by Gasteiger charge is -2.31. The van der Waals surface area contributed by atoms with Crippen LogP contribution in [0.5, 0.6) is 0 Å². The largest absolute Gasteiger partial charge is 0.468 e. The third-order valence-corrected chi connectivity index (χ3v) is 4.46. The minimum atomic E-state index is -0.0147. The summed E-state index contributed by atoms with van der Waals surface area (Å²) in [6, 6.07) is 4.61. The molecule has 3 rings (SSSR count). The Labute approximate surface area is 113 Å². The van der Waals surface area contributed by atoms with E-state index in [-0.39, 0.29) is 17.9 Å². The number of fused-ring (bicyclic) bond motifs is 1. The molecule has 0 bridgehead atoms. The van der Waals surface area contributed by atoms with Gasteiger partial charge < -0.3 is 14.5 Å². The van der Waals surface area contributed by atoms with Crippen molar-refractivity contribution in [2.24, 2.45) is 11.8 Å². The second-order valence-electron chi connectivity index (χ2n) is 5.53. The highest BCUT2D eigenvalue weighted by Gasteiger charge is 2.45. The van der Waals surface area contributed by atoms with E-state index in [4.69, 9.17) is 9.15 Å². The number of furan rings is 1. The number of ether oxygens (including phenoxy) is 1. The van der Waals surface area contributed by atoms with Gasteiger partial charge in [0.05, 0.1) is 24.8 Å². The summed E-state index contributed by atoms with van der Waals surface area (Å²) >= 11 is 0. The van der Waals surface area contributed by atoms with Crippen LogP contribution in [0, 0.1) is 11.8 Å². The molecule has 0 amide bonds. The average molecular weight is 263 g/mol. The van der Waals surface area contributed by atoms with Crippen LogP contribution in [0.2, 0.25) is 0 Å². The first-order valence-electron chi connectivity index (χ1n) is 7.25. The van der Waals surface area contributed by atoms with Crippen LogP contribution in [0.4, 0.5) is 0 Å². The van der Waals surface area contributed by atoms with Gasteiger partial charge in [0, 0.05) is 6.04 Å². The number of rotatable bonds is 3. The minimum absolute atomic E-state index is 0.0147. The van der Waals surface area contributed by atoms with Crippen LogP contribution >= 0.6 is 0 Å². The van der Waals surface area contributed by atoms with E-state index in [1.54, 1.807) is 6.26 Å². The fraction of sp³-hybridized carbons (Fsp3) is 0.667. The van der Waals surface area contributed by atoms with E-state index in [9.17, 15) is 4.79 Å². The van der Waals surface area contributed by atoms with Crippen molar-refractivity contribution >= 4 is 5.97 Å². The molecule has 0 radical (unpaired) electrons. The van der Waals surface area contributed by atoms with Gasteiger partial charge >= 0.3 is 5.97 Å². The molecule has 1 aromatic heterocycles. The van der Waals surface area contributed by atoms with E-state index >= 15 is 0 Å². The topological polar surface area (TPSA) is 51.5 Å². The van der Waals surface area contributed by atoms with E-state index in [2.05, 4.69) is 5.32 Å². The summed E-state index contributed by atoms with van der Waals surface area (Å²) in [4.78, 5) is 12.1. The van der Waals surface area contributed by atoms with Crippen LogP contribution in [0.1, 0.15) is 44.4 Å². The third kappa shape index (κ3) is 2.41. The molecular weight excluding hydrogens is 242 g/mol. The van der Waals surface area contributed by atoms with E-state index in [1.807, 2.05) is 19.1 Å². The number of carbonyl (C=O) groups is 1. The summed E-state index contributed by atoms with van der Waals surface area (Å²) < 4.78 is 10.7. The predicted octanol–water partition coefficient (Wildman–Crippen LogP) is 2.66. The van der Waals surface area contributed by atoms with Gasteiger partial charge in [-0.25, -0.2) is 0 Å². The van der Waals surface area contributed by atoms with Gasteiger partial charge in [0.25, 0.3) is 0 Å². The first-order valence-corrected chi connectivity index (χ1v) is 7.25. The van der Waals surface area contributed by atoms with Gasteiger partial charge in [-0.05, 0) is 44.2 Å². The molecule has 4 atom stereocenters. The standard InChI is InChI=1S/C15H21NO3/c1-2-18-15(17)10-5-3-6-12-11(10)9-13(16-12)14-7-4-8-19-14/h4,7-8,10-13,16H,2-3,5-6,9H2,1H3/t10-,11+,12-,13-/m0/s1. The molecule has 2 heterocycles. The molecule has 0 spiro atoms. The lowest BCUT2D eigenvalue weighted by Crippen LogP contribution is -2.39. The Balaban J connectivity index is 1.72.